The lowest BCUT2D eigenvalue weighted by molar-refractivity contribution is -0.134. The second-order valence-electron chi connectivity index (χ2n) is 7.96. The summed E-state index contributed by atoms with van der Waals surface area (Å²) < 4.78 is 0. The first-order chi connectivity index (χ1) is 13.1. The van der Waals surface area contributed by atoms with E-state index < -0.39 is 17.9 Å². The van der Waals surface area contributed by atoms with Crippen molar-refractivity contribution in [2.24, 2.45) is 11.3 Å². The first-order valence-electron chi connectivity index (χ1n) is 9.83. The van der Waals surface area contributed by atoms with Crippen molar-refractivity contribution in [1.82, 2.24) is 0 Å². The Hall–Kier alpha value is -2.37. The quantitative estimate of drug-likeness (QED) is 0.404. The van der Waals surface area contributed by atoms with Gasteiger partial charge in [0.2, 0.25) is 0 Å². The van der Waals surface area contributed by atoms with Crippen LogP contribution in [-0.4, -0.2) is 33.2 Å². The van der Waals surface area contributed by atoms with E-state index in [1.165, 1.54) is 26.2 Å². The minimum atomic E-state index is -0.935. The van der Waals surface area contributed by atoms with Crippen molar-refractivity contribution >= 4 is 17.9 Å². The first kappa shape index (κ1) is 31.3. The molecular formula is C23H40O6. The van der Waals surface area contributed by atoms with Crippen molar-refractivity contribution in [1.29, 1.82) is 0 Å². The van der Waals surface area contributed by atoms with Gasteiger partial charge in [-0.05, 0) is 31.6 Å². The zero-order chi connectivity index (χ0) is 23.8. The van der Waals surface area contributed by atoms with E-state index in [1.807, 2.05) is 26.8 Å². The third-order valence-corrected chi connectivity index (χ3v) is 4.17. The number of carboxylic acids is 3. The summed E-state index contributed by atoms with van der Waals surface area (Å²) >= 11 is 0. The van der Waals surface area contributed by atoms with Crippen molar-refractivity contribution in [2.45, 2.75) is 80.6 Å². The molecule has 1 atom stereocenters. The second kappa shape index (κ2) is 16.6. The summed E-state index contributed by atoms with van der Waals surface area (Å²) in [6, 6.07) is 0. The molecule has 0 aromatic rings. The Labute approximate surface area is 176 Å². The lowest BCUT2D eigenvalue weighted by Gasteiger charge is -2.17. The summed E-state index contributed by atoms with van der Waals surface area (Å²) in [7, 11) is 0. The van der Waals surface area contributed by atoms with Crippen LogP contribution < -0.4 is 0 Å². The molecule has 0 heterocycles. The minimum Gasteiger partial charge on any atom is -0.478 e. The highest BCUT2D eigenvalue weighted by molar-refractivity contribution is 5.87. The van der Waals surface area contributed by atoms with Crippen LogP contribution in [0.2, 0.25) is 0 Å². The Bertz CT molecular complexity index is 567. The number of hydrogen-bond acceptors (Lipinski definition) is 3. The van der Waals surface area contributed by atoms with E-state index in [1.54, 1.807) is 6.92 Å². The van der Waals surface area contributed by atoms with Gasteiger partial charge in [0, 0.05) is 16.7 Å². The summed E-state index contributed by atoms with van der Waals surface area (Å²) in [5.41, 5.74) is 0.587. The largest absolute Gasteiger partial charge is 0.478 e. The lowest BCUT2D eigenvalue weighted by Crippen LogP contribution is -2.15. The van der Waals surface area contributed by atoms with E-state index in [-0.39, 0.29) is 16.6 Å². The fraction of sp³-hybridized carbons (Fsp3) is 0.609. The highest BCUT2D eigenvalue weighted by atomic mass is 16.4. The molecule has 168 valence electrons. The van der Waals surface area contributed by atoms with Gasteiger partial charge in [0.05, 0.1) is 0 Å². The third-order valence-electron chi connectivity index (χ3n) is 4.17. The molecule has 0 aromatic heterocycles. The maximum Gasteiger partial charge on any atom is 0.331 e. The maximum absolute atomic E-state index is 10.5. The van der Waals surface area contributed by atoms with E-state index in [0.29, 0.717) is 11.5 Å². The van der Waals surface area contributed by atoms with Crippen molar-refractivity contribution in [3.8, 4) is 0 Å². The molecule has 1 unspecified atom stereocenters. The van der Waals surface area contributed by atoms with E-state index in [2.05, 4.69) is 27.0 Å². The van der Waals surface area contributed by atoms with Crippen LogP contribution in [0, 0.1) is 11.3 Å². The molecule has 3 N–H and O–H groups in total. The number of aliphatic carboxylic acids is 3. The average Bonchev–Trinajstić information content (AvgIpc) is 2.60. The number of rotatable bonds is 9. The Morgan fingerprint density at radius 2 is 1.38 bits per heavy atom. The molecule has 0 aliphatic carbocycles. The number of unbranched alkanes of at least 4 members (excludes halogenated alkanes) is 1. The van der Waals surface area contributed by atoms with Gasteiger partial charge in [-0.15, -0.1) is 0 Å². The van der Waals surface area contributed by atoms with Gasteiger partial charge in [-0.25, -0.2) is 14.4 Å². The summed E-state index contributed by atoms with van der Waals surface area (Å²) in [6.07, 6.45) is 7.59. The van der Waals surface area contributed by atoms with Crippen LogP contribution in [0.25, 0.3) is 0 Å². The highest BCUT2D eigenvalue weighted by Crippen LogP contribution is 2.22. The fourth-order valence-corrected chi connectivity index (χ4v) is 1.73. The molecule has 0 aliphatic rings. The van der Waals surface area contributed by atoms with Gasteiger partial charge in [-0.1, -0.05) is 79.5 Å². The zero-order valence-electron chi connectivity index (χ0n) is 19.2. The second-order valence-corrected chi connectivity index (χ2v) is 7.96. The predicted molar refractivity (Wildman–Crippen MR) is 118 cm³/mol. The molecule has 0 saturated heterocycles. The lowest BCUT2D eigenvalue weighted by atomic mass is 9.88. The van der Waals surface area contributed by atoms with Crippen LogP contribution in [-0.2, 0) is 14.4 Å². The van der Waals surface area contributed by atoms with Crippen LogP contribution in [0.3, 0.4) is 0 Å². The number of carbonyl (C=O) groups is 3. The molecule has 0 saturated carbocycles. The molecule has 0 amide bonds. The van der Waals surface area contributed by atoms with Crippen molar-refractivity contribution in [3.05, 3.63) is 36.0 Å². The van der Waals surface area contributed by atoms with Crippen LogP contribution in [0.15, 0.2) is 36.0 Å². The molecule has 29 heavy (non-hydrogen) atoms. The molecule has 0 bridgehead atoms. The van der Waals surface area contributed by atoms with Gasteiger partial charge in [0.25, 0.3) is 0 Å². The normalized spacial score (nSPS) is 11.8. The summed E-state index contributed by atoms with van der Waals surface area (Å²) in [5, 5.41) is 25.0. The fourth-order valence-electron chi connectivity index (χ4n) is 1.73. The molecule has 0 fully saturated rings. The van der Waals surface area contributed by atoms with Gasteiger partial charge in [0.15, 0.2) is 0 Å². The van der Waals surface area contributed by atoms with E-state index in [4.69, 9.17) is 15.3 Å². The first-order valence-corrected chi connectivity index (χ1v) is 9.83. The summed E-state index contributed by atoms with van der Waals surface area (Å²) in [5.74, 6) is -1.99. The Morgan fingerprint density at radius 3 is 1.59 bits per heavy atom. The van der Waals surface area contributed by atoms with Crippen LogP contribution in [0.5, 0.6) is 0 Å². The number of hydrogen-bond donors (Lipinski definition) is 3. The molecule has 6 heteroatoms. The predicted octanol–water partition coefficient (Wildman–Crippen LogP) is 5.94. The smallest absolute Gasteiger partial charge is 0.331 e. The van der Waals surface area contributed by atoms with E-state index in [9.17, 15) is 14.4 Å². The molecule has 0 aromatic carbocycles. The summed E-state index contributed by atoms with van der Waals surface area (Å²) in [6.45, 7) is 19.5. The van der Waals surface area contributed by atoms with Crippen molar-refractivity contribution in [3.63, 3.8) is 0 Å². The molecule has 0 aliphatic heterocycles. The Morgan fingerprint density at radius 1 is 0.931 bits per heavy atom. The van der Waals surface area contributed by atoms with E-state index >= 15 is 0 Å². The molecule has 0 rings (SSSR count). The van der Waals surface area contributed by atoms with E-state index in [0.717, 1.165) is 12.8 Å². The number of allylic oxidation sites excluding steroid dienone is 1. The third kappa shape index (κ3) is 20.2. The molecular weight excluding hydrogens is 372 g/mol. The standard InChI is InChI=1S/C12H22O2.C7H12O2.C4H6O2/c1-4-6-7-11(5-2)9-8-10(3)12(13)14;1-5(6(8)9)7(2,3)4;1-3(2)4(5)6/h8,11H,4-7,9H2,1-3H3,(H,13,14);1H2,2-4H3,(H,8,9);1H2,2H3,(H,5,6). The highest BCUT2D eigenvalue weighted by Gasteiger charge is 2.20. The molecule has 0 spiro atoms. The van der Waals surface area contributed by atoms with Crippen LogP contribution >= 0.6 is 0 Å². The minimum absolute atomic E-state index is 0.176. The van der Waals surface area contributed by atoms with Crippen molar-refractivity contribution < 1.29 is 29.7 Å². The molecule has 0 radical (unpaired) electrons. The van der Waals surface area contributed by atoms with Gasteiger partial charge < -0.3 is 15.3 Å². The number of carboxylic acid groups (broad SMARTS) is 3. The monoisotopic (exact) mass is 412 g/mol. The zero-order valence-corrected chi connectivity index (χ0v) is 19.2. The van der Waals surface area contributed by atoms with Crippen molar-refractivity contribution in [2.75, 3.05) is 0 Å². The topological polar surface area (TPSA) is 112 Å². The van der Waals surface area contributed by atoms with Gasteiger partial charge in [0.1, 0.15) is 0 Å². The Kier molecular flexibility index (Phi) is 17.9. The van der Waals surface area contributed by atoms with Crippen LogP contribution in [0.4, 0.5) is 0 Å². The SMILES string of the molecule is C=C(C(=O)O)C(C)(C)C.C=C(C)C(=O)O.CCCCC(CC)CC=C(C)C(=O)O. The van der Waals surface area contributed by atoms with Gasteiger partial charge >= 0.3 is 17.9 Å². The average molecular weight is 413 g/mol. The van der Waals surface area contributed by atoms with Crippen LogP contribution in [0.1, 0.15) is 80.6 Å². The molecule has 6 nitrogen and oxygen atoms in total. The Balaban J connectivity index is -0.000000386. The van der Waals surface area contributed by atoms with Gasteiger partial charge in [-0.2, -0.15) is 0 Å². The maximum atomic E-state index is 10.5. The summed E-state index contributed by atoms with van der Waals surface area (Å²) in [4.78, 5) is 30.4. The van der Waals surface area contributed by atoms with Gasteiger partial charge in [-0.3, -0.25) is 0 Å².